The Hall–Kier alpha value is -1.54. The van der Waals surface area contributed by atoms with E-state index in [4.69, 9.17) is 0 Å². The molecule has 5 rings (SSSR count). The second-order valence-electron chi connectivity index (χ2n) is 7.29. The van der Waals surface area contributed by atoms with Crippen LogP contribution in [0.1, 0.15) is 37.1 Å². The van der Waals surface area contributed by atoms with Crippen LogP contribution in [-0.4, -0.2) is 17.6 Å². The van der Waals surface area contributed by atoms with Crippen molar-refractivity contribution < 1.29 is 4.90 Å². The van der Waals surface area contributed by atoms with Crippen molar-refractivity contribution in [1.82, 2.24) is 4.98 Å². The molecular weight excluding hydrogens is 256 g/mol. The smallest absolute Gasteiger partial charge is 0.132 e. The zero-order valence-electron chi connectivity index (χ0n) is 12.6. The molecule has 0 amide bonds. The average molecular weight is 279 g/mol. The number of H-pyrrole nitrogens is 1. The van der Waals surface area contributed by atoms with Crippen LogP contribution in [0.5, 0.6) is 0 Å². The van der Waals surface area contributed by atoms with E-state index >= 15 is 0 Å². The first kappa shape index (κ1) is 12.0. The first-order valence-electron chi connectivity index (χ1n) is 8.43. The zero-order chi connectivity index (χ0) is 14.0. The normalized spacial score (nSPS) is 37.3. The maximum Gasteiger partial charge on any atom is 0.132 e. The van der Waals surface area contributed by atoms with Gasteiger partial charge in [0.2, 0.25) is 0 Å². The minimum absolute atomic E-state index is 0.700. The van der Waals surface area contributed by atoms with Crippen LogP contribution in [-0.2, 0) is 6.42 Å². The van der Waals surface area contributed by atoms with Crippen molar-refractivity contribution in [1.29, 1.82) is 0 Å². The number of hydrogen-bond donors (Lipinski definition) is 2. The fourth-order valence-electron chi connectivity index (χ4n) is 5.29. The lowest BCUT2D eigenvalue weighted by molar-refractivity contribution is -0.946. The number of nitrogens with one attached hydrogen (secondary N) is 2. The molecule has 2 N–H and O–H groups in total. The minimum Gasteiger partial charge on any atom is -0.353 e. The third-order valence-corrected chi connectivity index (χ3v) is 6.25. The van der Waals surface area contributed by atoms with E-state index in [0.717, 1.165) is 17.9 Å². The van der Waals surface area contributed by atoms with Gasteiger partial charge < -0.3 is 9.88 Å². The fraction of sp³-hybridized carbons (Fsp3) is 0.474. The average Bonchev–Trinajstić information content (AvgIpc) is 3.06. The molecule has 1 aromatic heterocycles. The van der Waals surface area contributed by atoms with Gasteiger partial charge in [-0.25, -0.2) is 0 Å². The quantitative estimate of drug-likeness (QED) is 0.692. The number of allylic oxidation sites excluding steroid dienone is 2. The molecule has 1 aliphatic carbocycles. The lowest BCUT2D eigenvalue weighted by atomic mass is 9.79. The van der Waals surface area contributed by atoms with E-state index in [1.54, 1.807) is 11.3 Å². The van der Waals surface area contributed by atoms with E-state index in [1.165, 1.54) is 36.7 Å². The number of aromatic amines is 1. The summed E-state index contributed by atoms with van der Waals surface area (Å²) in [6.07, 6.45) is 8.65. The van der Waals surface area contributed by atoms with E-state index in [9.17, 15) is 0 Å². The molecule has 2 heteroatoms. The summed E-state index contributed by atoms with van der Waals surface area (Å²) in [7, 11) is 0. The predicted molar refractivity (Wildman–Crippen MR) is 85.4 cm³/mol. The Morgan fingerprint density at radius 1 is 1.14 bits per heavy atom. The van der Waals surface area contributed by atoms with Crippen LogP contribution in [0.4, 0.5) is 0 Å². The summed E-state index contributed by atoms with van der Waals surface area (Å²) in [4.78, 5) is 5.64. The first-order valence-corrected chi connectivity index (χ1v) is 8.43. The lowest BCUT2D eigenvalue weighted by Gasteiger charge is -2.34. The molecule has 1 fully saturated rings. The molecule has 5 atom stereocenters. The van der Waals surface area contributed by atoms with Gasteiger partial charge in [0.25, 0.3) is 0 Å². The van der Waals surface area contributed by atoms with Crippen LogP contribution in [0.25, 0.3) is 10.9 Å². The molecule has 0 saturated carbocycles. The Bertz CT molecular complexity index is 726. The highest BCUT2D eigenvalue weighted by atomic mass is 15.2. The maximum absolute atomic E-state index is 3.80. The molecule has 1 aromatic carbocycles. The molecule has 3 heterocycles. The summed E-state index contributed by atoms with van der Waals surface area (Å²) in [6, 6.07) is 10.3. The van der Waals surface area contributed by atoms with Crippen molar-refractivity contribution in [3.8, 4) is 0 Å². The predicted octanol–water partition coefficient (Wildman–Crippen LogP) is 2.63. The third kappa shape index (κ3) is 1.57. The van der Waals surface area contributed by atoms with Crippen LogP contribution in [0.3, 0.4) is 0 Å². The van der Waals surface area contributed by atoms with Gasteiger partial charge in [-0.3, -0.25) is 0 Å². The molecular formula is C19H23N2+. The summed E-state index contributed by atoms with van der Waals surface area (Å²) >= 11 is 0. The molecule has 0 spiro atoms. The van der Waals surface area contributed by atoms with Crippen molar-refractivity contribution in [2.75, 3.05) is 6.54 Å². The number of rotatable bonds is 0. The number of hydrogen-bond acceptors (Lipinski definition) is 0. The summed E-state index contributed by atoms with van der Waals surface area (Å²) in [5.41, 5.74) is 4.51. The van der Waals surface area contributed by atoms with Gasteiger partial charge in [-0.1, -0.05) is 30.4 Å². The molecule has 2 aliphatic heterocycles. The second kappa shape index (κ2) is 4.23. The lowest BCUT2D eigenvalue weighted by Crippen LogP contribution is -3.15. The number of aromatic nitrogens is 1. The Morgan fingerprint density at radius 2 is 2.00 bits per heavy atom. The fourth-order valence-corrected chi connectivity index (χ4v) is 5.29. The number of benzene rings is 1. The monoisotopic (exact) mass is 279 g/mol. The highest BCUT2D eigenvalue weighted by Gasteiger charge is 2.51. The zero-order valence-corrected chi connectivity index (χ0v) is 12.6. The maximum atomic E-state index is 3.80. The van der Waals surface area contributed by atoms with E-state index in [2.05, 4.69) is 48.3 Å². The second-order valence-corrected chi connectivity index (χ2v) is 7.29. The topological polar surface area (TPSA) is 20.2 Å². The van der Waals surface area contributed by atoms with Gasteiger partial charge in [0, 0.05) is 29.2 Å². The standard InChI is InChI=1S/C19H22N2/c1-12-10-16-15-8-4-5-9-17(15)20-18(16)19-14-7-3-2-6-13(14)11-21(12)19/h2-5,8-9,12-14,19-20H,6-7,10-11H2,1H3/p+1/t12-,13-,14+,19-/m1/s1. The third-order valence-electron chi connectivity index (χ3n) is 6.25. The number of quaternary nitrogens is 1. The summed E-state index contributed by atoms with van der Waals surface area (Å²) in [6.45, 7) is 3.83. The summed E-state index contributed by atoms with van der Waals surface area (Å²) in [5, 5.41) is 1.47. The van der Waals surface area contributed by atoms with Gasteiger partial charge in [-0.05, 0) is 31.4 Å². The Labute approximate surface area is 125 Å². The van der Waals surface area contributed by atoms with Gasteiger partial charge in [0.1, 0.15) is 6.04 Å². The van der Waals surface area contributed by atoms with E-state index in [0.29, 0.717) is 6.04 Å². The molecule has 1 unspecified atom stereocenters. The van der Waals surface area contributed by atoms with E-state index < -0.39 is 0 Å². The highest BCUT2D eigenvalue weighted by Crippen LogP contribution is 2.42. The van der Waals surface area contributed by atoms with Crippen molar-refractivity contribution in [3.05, 3.63) is 47.7 Å². The molecule has 21 heavy (non-hydrogen) atoms. The van der Waals surface area contributed by atoms with Crippen LogP contribution >= 0.6 is 0 Å². The molecule has 0 bridgehead atoms. The van der Waals surface area contributed by atoms with Gasteiger partial charge in [0.05, 0.1) is 18.3 Å². The Morgan fingerprint density at radius 3 is 2.95 bits per heavy atom. The molecule has 2 aromatic rings. The minimum atomic E-state index is 0.700. The van der Waals surface area contributed by atoms with Crippen molar-refractivity contribution in [2.45, 2.75) is 38.3 Å². The van der Waals surface area contributed by atoms with Crippen molar-refractivity contribution >= 4 is 10.9 Å². The molecule has 1 saturated heterocycles. The molecule has 2 nitrogen and oxygen atoms in total. The van der Waals surface area contributed by atoms with E-state index in [1.807, 2.05) is 4.90 Å². The molecule has 0 radical (unpaired) electrons. The van der Waals surface area contributed by atoms with Crippen LogP contribution < -0.4 is 4.90 Å². The van der Waals surface area contributed by atoms with Gasteiger partial charge in [-0.15, -0.1) is 0 Å². The SMILES string of the molecule is C[C@@H]1Cc2c([nH]c3ccccc23)[C@H]2[C@H]3CC=CC[C@@H]3C[NH+]12. The summed E-state index contributed by atoms with van der Waals surface area (Å²) < 4.78 is 0. The number of fused-ring (bicyclic) bond motifs is 7. The van der Waals surface area contributed by atoms with Crippen LogP contribution in [0.2, 0.25) is 0 Å². The van der Waals surface area contributed by atoms with Crippen LogP contribution in [0.15, 0.2) is 36.4 Å². The molecule has 108 valence electrons. The van der Waals surface area contributed by atoms with Crippen molar-refractivity contribution in [3.63, 3.8) is 0 Å². The van der Waals surface area contributed by atoms with Crippen LogP contribution in [0, 0.1) is 11.8 Å². The Kier molecular flexibility index (Phi) is 2.43. The Balaban J connectivity index is 1.70. The first-order chi connectivity index (χ1) is 10.3. The largest absolute Gasteiger partial charge is 0.353 e. The summed E-state index contributed by atoms with van der Waals surface area (Å²) in [5.74, 6) is 1.74. The highest BCUT2D eigenvalue weighted by molar-refractivity contribution is 5.85. The molecule has 3 aliphatic rings. The van der Waals surface area contributed by atoms with E-state index in [-0.39, 0.29) is 0 Å². The van der Waals surface area contributed by atoms with Gasteiger partial charge in [0.15, 0.2) is 0 Å². The van der Waals surface area contributed by atoms with Gasteiger partial charge in [-0.2, -0.15) is 0 Å². The van der Waals surface area contributed by atoms with Gasteiger partial charge >= 0.3 is 0 Å². The van der Waals surface area contributed by atoms with Crippen molar-refractivity contribution in [2.24, 2.45) is 11.8 Å². The number of para-hydroxylation sites is 1.